The zero-order chi connectivity index (χ0) is 11.7. The van der Waals surface area contributed by atoms with E-state index >= 15 is 0 Å². The number of morpholine rings is 1. The van der Waals surface area contributed by atoms with E-state index in [1.54, 1.807) is 0 Å². The Kier molecular flexibility index (Phi) is 3.66. The molecule has 3 rings (SSSR count). The van der Waals surface area contributed by atoms with Crippen LogP contribution >= 0.6 is 0 Å². The van der Waals surface area contributed by atoms with Gasteiger partial charge in [0.15, 0.2) is 0 Å². The first-order chi connectivity index (χ1) is 8.35. The average molecular weight is 240 g/mol. The van der Waals surface area contributed by atoms with Crippen LogP contribution in [0.15, 0.2) is 0 Å². The lowest BCUT2D eigenvalue weighted by atomic mass is 10.1. The third kappa shape index (κ3) is 2.65. The van der Waals surface area contributed by atoms with E-state index in [-0.39, 0.29) is 0 Å². The monoisotopic (exact) mass is 240 g/mol. The number of likely N-dealkylation sites (tertiary alicyclic amines) is 1. The Hall–Kier alpha value is -0.160. The summed E-state index contributed by atoms with van der Waals surface area (Å²) < 4.78 is 5.98. The Balaban J connectivity index is 1.46. The number of aliphatic hydroxyl groups is 1. The second kappa shape index (κ2) is 5.22. The maximum absolute atomic E-state index is 9.15. The molecule has 0 saturated carbocycles. The maximum atomic E-state index is 9.15. The van der Waals surface area contributed by atoms with E-state index < -0.39 is 0 Å². The van der Waals surface area contributed by atoms with Gasteiger partial charge >= 0.3 is 0 Å². The zero-order valence-electron chi connectivity index (χ0n) is 10.6. The Morgan fingerprint density at radius 1 is 1.18 bits per heavy atom. The predicted octanol–water partition coefficient (Wildman–Crippen LogP) is 0.164. The van der Waals surface area contributed by atoms with Crippen molar-refractivity contribution in [2.75, 3.05) is 45.9 Å². The zero-order valence-corrected chi connectivity index (χ0v) is 10.6. The number of rotatable bonds is 3. The minimum Gasteiger partial charge on any atom is -0.396 e. The summed E-state index contributed by atoms with van der Waals surface area (Å²) in [5.74, 6) is 0.498. The van der Waals surface area contributed by atoms with Crippen molar-refractivity contribution in [3.05, 3.63) is 0 Å². The Labute approximate surface area is 104 Å². The highest BCUT2D eigenvalue weighted by Crippen LogP contribution is 2.24. The second-order valence-electron chi connectivity index (χ2n) is 5.84. The van der Waals surface area contributed by atoms with E-state index in [0.717, 1.165) is 39.2 Å². The van der Waals surface area contributed by atoms with Gasteiger partial charge in [0.05, 0.1) is 12.7 Å². The molecular weight excluding hydrogens is 216 g/mol. The molecule has 17 heavy (non-hydrogen) atoms. The van der Waals surface area contributed by atoms with Crippen LogP contribution in [0.25, 0.3) is 0 Å². The van der Waals surface area contributed by atoms with E-state index in [9.17, 15) is 0 Å². The molecule has 3 unspecified atom stereocenters. The molecule has 3 aliphatic rings. The fourth-order valence-corrected chi connectivity index (χ4v) is 3.51. The summed E-state index contributed by atoms with van der Waals surface area (Å²) in [7, 11) is 0. The molecule has 98 valence electrons. The normalized spacial score (nSPS) is 39.7. The van der Waals surface area contributed by atoms with Crippen molar-refractivity contribution in [2.45, 2.75) is 31.4 Å². The summed E-state index contributed by atoms with van der Waals surface area (Å²) >= 11 is 0. The highest BCUT2D eigenvalue weighted by Gasteiger charge is 2.33. The van der Waals surface area contributed by atoms with Gasteiger partial charge in [-0.05, 0) is 38.3 Å². The van der Waals surface area contributed by atoms with Gasteiger partial charge in [0, 0.05) is 32.3 Å². The number of aliphatic hydroxyl groups excluding tert-OH is 1. The molecule has 4 nitrogen and oxygen atoms in total. The van der Waals surface area contributed by atoms with Gasteiger partial charge in [-0.3, -0.25) is 4.90 Å². The van der Waals surface area contributed by atoms with E-state index in [2.05, 4.69) is 9.80 Å². The summed E-state index contributed by atoms with van der Waals surface area (Å²) in [6.45, 7) is 6.90. The van der Waals surface area contributed by atoms with Gasteiger partial charge in [0.25, 0.3) is 0 Å². The largest absolute Gasteiger partial charge is 0.396 e. The quantitative estimate of drug-likeness (QED) is 0.762. The highest BCUT2D eigenvalue weighted by atomic mass is 16.5. The molecule has 3 atom stereocenters. The molecule has 1 N–H and O–H groups in total. The Morgan fingerprint density at radius 2 is 2.12 bits per heavy atom. The minimum absolute atomic E-state index is 0.343. The molecule has 0 aromatic rings. The third-order valence-corrected chi connectivity index (χ3v) is 4.55. The molecule has 0 spiro atoms. The van der Waals surface area contributed by atoms with E-state index in [0.29, 0.717) is 24.7 Å². The van der Waals surface area contributed by atoms with Gasteiger partial charge in [0.1, 0.15) is 0 Å². The standard InChI is InChI=1S/C13H24N2O2/c16-9-11-3-5-14(6-11)7-13-8-15-4-1-2-12(15)10-17-13/h11-13,16H,1-10H2. The van der Waals surface area contributed by atoms with Crippen molar-refractivity contribution in [1.29, 1.82) is 0 Å². The molecule has 0 bridgehead atoms. The lowest BCUT2D eigenvalue weighted by Crippen LogP contribution is -2.49. The molecule has 0 radical (unpaired) electrons. The fourth-order valence-electron chi connectivity index (χ4n) is 3.51. The average Bonchev–Trinajstić information content (AvgIpc) is 2.96. The van der Waals surface area contributed by atoms with Crippen molar-refractivity contribution in [3.63, 3.8) is 0 Å². The van der Waals surface area contributed by atoms with Gasteiger partial charge in [-0.25, -0.2) is 0 Å². The fraction of sp³-hybridized carbons (Fsp3) is 1.00. The minimum atomic E-state index is 0.343. The van der Waals surface area contributed by atoms with Gasteiger partial charge in [-0.15, -0.1) is 0 Å². The van der Waals surface area contributed by atoms with Crippen LogP contribution in [-0.2, 0) is 4.74 Å². The molecular formula is C13H24N2O2. The first kappa shape index (κ1) is 11.9. The van der Waals surface area contributed by atoms with Gasteiger partial charge in [-0.1, -0.05) is 0 Å². The summed E-state index contributed by atoms with van der Waals surface area (Å²) in [5, 5.41) is 9.15. The summed E-state index contributed by atoms with van der Waals surface area (Å²) in [6.07, 6.45) is 4.21. The van der Waals surface area contributed by atoms with Crippen molar-refractivity contribution in [1.82, 2.24) is 9.80 Å². The molecule has 3 aliphatic heterocycles. The van der Waals surface area contributed by atoms with Crippen LogP contribution in [0.3, 0.4) is 0 Å². The molecule has 3 heterocycles. The van der Waals surface area contributed by atoms with Crippen molar-refractivity contribution >= 4 is 0 Å². The van der Waals surface area contributed by atoms with Gasteiger partial charge in [-0.2, -0.15) is 0 Å². The smallest absolute Gasteiger partial charge is 0.0829 e. The molecule has 0 amide bonds. The Morgan fingerprint density at radius 3 is 2.94 bits per heavy atom. The lowest BCUT2D eigenvalue weighted by Gasteiger charge is -2.36. The van der Waals surface area contributed by atoms with Gasteiger partial charge in [0.2, 0.25) is 0 Å². The molecule has 3 saturated heterocycles. The van der Waals surface area contributed by atoms with Crippen LogP contribution < -0.4 is 0 Å². The third-order valence-electron chi connectivity index (χ3n) is 4.55. The van der Waals surface area contributed by atoms with Crippen LogP contribution in [0.2, 0.25) is 0 Å². The number of nitrogens with zero attached hydrogens (tertiary/aromatic N) is 2. The van der Waals surface area contributed by atoms with Crippen LogP contribution in [-0.4, -0.2) is 73.0 Å². The molecule has 0 aliphatic carbocycles. The van der Waals surface area contributed by atoms with Crippen molar-refractivity contribution < 1.29 is 9.84 Å². The van der Waals surface area contributed by atoms with E-state index in [1.165, 1.54) is 19.4 Å². The van der Waals surface area contributed by atoms with E-state index in [1.807, 2.05) is 0 Å². The van der Waals surface area contributed by atoms with Crippen LogP contribution in [0, 0.1) is 5.92 Å². The summed E-state index contributed by atoms with van der Waals surface area (Å²) in [4.78, 5) is 5.07. The maximum Gasteiger partial charge on any atom is 0.0829 e. The highest BCUT2D eigenvalue weighted by molar-refractivity contribution is 4.87. The number of hydrogen-bond donors (Lipinski definition) is 1. The van der Waals surface area contributed by atoms with Crippen LogP contribution in [0.4, 0.5) is 0 Å². The van der Waals surface area contributed by atoms with E-state index in [4.69, 9.17) is 9.84 Å². The van der Waals surface area contributed by atoms with Gasteiger partial charge < -0.3 is 14.7 Å². The molecule has 3 fully saturated rings. The van der Waals surface area contributed by atoms with Crippen LogP contribution in [0.5, 0.6) is 0 Å². The van der Waals surface area contributed by atoms with Crippen molar-refractivity contribution in [2.24, 2.45) is 5.92 Å². The summed E-state index contributed by atoms with van der Waals surface area (Å²) in [5.41, 5.74) is 0. The lowest BCUT2D eigenvalue weighted by molar-refractivity contribution is -0.0593. The number of hydrogen-bond acceptors (Lipinski definition) is 4. The summed E-state index contributed by atoms with van der Waals surface area (Å²) in [6, 6.07) is 0.704. The number of fused-ring (bicyclic) bond motifs is 1. The molecule has 4 heteroatoms. The van der Waals surface area contributed by atoms with Crippen molar-refractivity contribution in [3.8, 4) is 0 Å². The van der Waals surface area contributed by atoms with Crippen LogP contribution in [0.1, 0.15) is 19.3 Å². The molecule has 0 aromatic carbocycles. The number of ether oxygens (including phenoxy) is 1. The first-order valence-electron chi connectivity index (χ1n) is 7.04. The first-order valence-corrected chi connectivity index (χ1v) is 7.04. The second-order valence-corrected chi connectivity index (χ2v) is 5.84. The molecule has 0 aromatic heterocycles. The SMILES string of the molecule is OCC1CCN(CC2CN3CCCC3CO2)C1. The predicted molar refractivity (Wildman–Crippen MR) is 66.0 cm³/mol. The topological polar surface area (TPSA) is 35.9 Å². The Bertz CT molecular complexity index is 262.